The van der Waals surface area contributed by atoms with Gasteiger partial charge in [-0.05, 0) is 5.21 Å². The van der Waals surface area contributed by atoms with Gasteiger partial charge in [-0.2, -0.15) is 4.80 Å². The van der Waals surface area contributed by atoms with Crippen LogP contribution in [-0.4, -0.2) is 30.2 Å². The lowest BCUT2D eigenvalue weighted by atomic mass is 10.3. The molecule has 0 bridgehead atoms. The summed E-state index contributed by atoms with van der Waals surface area (Å²) >= 11 is 5.71. The van der Waals surface area contributed by atoms with Crippen LogP contribution in [-0.2, 0) is 7.05 Å². The fourth-order valence-electron chi connectivity index (χ4n) is 0.931. The zero-order valence-corrected chi connectivity index (χ0v) is 7.97. The highest BCUT2D eigenvalue weighted by Crippen LogP contribution is 2.23. The van der Waals surface area contributed by atoms with Crippen molar-refractivity contribution in [1.29, 1.82) is 0 Å². The first-order valence-corrected chi connectivity index (χ1v) is 4.06. The Hall–Kier alpha value is -1.76. The summed E-state index contributed by atoms with van der Waals surface area (Å²) < 4.78 is 0. The number of tetrazole rings is 1. The predicted molar refractivity (Wildman–Crippen MR) is 49.2 cm³/mol. The summed E-state index contributed by atoms with van der Waals surface area (Å²) in [6, 6.07) is 0. The molecule has 0 radical (unpaired) electrons. The highest BCUT2D eigenvalue weighted by molar-refractivity contribution is 6.32. The smallest absolute Gasteiger partial charge is 0.225 e. The largest absolute Gasteiger partial charge is 0.394 e. The fourth-order valence-corrected chi connectivity index (χ4v) is 1.06. The van der Waals surface area contributed by atoms with Crippen LogP contribution in [0.15, 0.2) is 6.33 Å². The Morgan fingerprint density at radius 3 is 2.86 bits per heavy atom. The summed E-state index contributed by atoms with van der Waals surface area (Å²) in [5.74, 6) is 0.328. The van der Waals surface area contributed by atoms with E-state index in [2.05, 4.69) is 25.4 Å². The van der Waals surface area contributed by atoms with Crippen molar-refractivity contribution in [1.82, 2.24) is 30.2 Å². The van der Waals surface area contributed by atoms with E-state index in [1.165, 1.54) is 11.1 Å². The van der Waals surface area contributed by atoms with Gasteiger partial charge < -0.3 is 5.73 Å². The monoisotopic (exact) mass is 211 g/mol. The molecule has 2 aromatic heterocycles. The molecular formula is C6H6ClN7. The third-order valence-electron chi connectivity index (χ3n) is 1.56. The minimum Gasteiger partial charge on any atom is -0.394 e. The van der Waals surface area contributed by atoms with Crippen molar-refractivity contribution in [3.05, 3.63) is 11.5 Å². The number of aromatic nitrogens is 6. The van der Waals surface area contributed by atoms with Crippen molar-refractivity contribution in [2.75, 3.05) is 5.73 Å². The highest BCUT2D eigenvalue weighted by Gasteiger charge is 2.12. The van der Waals surface area contributed by atoms with Gasteiger partial charge in [0.2, 0.25) is 5.82 Å². The van der Waals surface area contributed by atoms with Crippen LogP contribution in [0.3, 0.4) is 0 Å². The molecule has 14 heavy (non-hydrogen) atoms. The van der Waals surface area contributed by atoms with Crippen LogP contribution in [0.25, 0.3) is 11.5 Å². The molecule has 72 valence electrons. The Balaban J connectivity index is 2.57. The molecule has 0 aromatic carbocycles. The van der Waals surface area contributed by atoms with E-state index in [0.717, 1.165) is 0 Å². The average Bonchev–Trinajstić information content (AvgIpc) is 2.57. The molecule has 0 fully saturated rings. The third kappa shape index (κ3) is 1.37. The average molecular weight is 212 g/mol. The van der Waals surface area contributed by atoms with E-state index in [9.17, 15) is 0 Å². The Bertz CT molecular complexity index is 465. The lowest BCUT2D eigenvalue weighted by molar-refractivity contribution is 0.630. The maximum Gasteiger partial charge on any atom is 0.225 e. The first-order valence-electron chi connectivity index (χ1n) is 3.69. The number of nitrogens with two attached hydrogens (primary N) is 1. The van der Waals surface area contributed by atoms with Gasteiger partial charge in [0.15, 0.2) is 5.15 Å². The molecule has 2 N–H and O–H groups in total. The van der Waals surface area contributed by atoms with Crippen LogP contribution in [0.5, 0.6) is 0 Å². The van der Waals surface area contributed by atoms with E-state index < -0.39 is 0 Å². The zero-order valence-electron chi connectivity index (χ0n) is 7.22. The molecule has 0 unspecified atom stereocenters. The molecule has 0 saturated carbocycles. The quantitative estimate of drug-likeness (QED) is 0.662. The Kier molecular flexibility index (Phi) is 2.01. The van der Waals surface area contributed by atoms with E-state index in [0.29, 0.717) is 11.5 Å². The summed E-state index contributed by atoms with van der Waals surface area (Å²) in [7, 11) is 1.65. The summed E-state index contributed by atoms with van der Waals surface area (Å²) in [4.78, 5) is 8.95. The van der Waals surface area contributed by atoms with Crippen LogP contribution < -0.4 is 5.73 Å². The van der Waals surface area contributed by atoms with Crippen molar-refractivity contribution in [3.63, 3.8) is 0 Å². The van der Waals surface area contributed by atoms with Gasteiger partial charge in [-0.15, -0.1) is 10.2 Å². The summed E-state index contributed by atoms with van der Waals surface area (Å²) in [6.07, 6.45) is 1.30. The van der Waals surface area contributed by atoms with E-state index >= 15 is 0 Å². The number of hydrogen-bond donors (Lipinski definition) is 1. The number of hydrogen-bond acceptors (Lipinski definition) is 6. The van der Waals surface area contributed by atoms with Crippen molar-refractivity contribution in [2.24, 2.45) is 7.05 Å². The van der Waals surface area contributed by atoms with Gasteiger partial charge in [-0.3, -0.25) is 0 Å². The zero-order chi connectivity index (χ0) is 10.1. The van der Waals surface area contributed by atoms with Gasteiger partial charge >= 0.3 is 0 Å². The standard InChI is InChI=1S/C6H6ClN7/c1-14-12-6(11-13-14)4-3(8)5(7)10-2-9-4/h2H,8H2,1H3. The lowest BCUT2D eigenvalue weighted by Gasteiger charge is -1.99. The lowest BCUT2D eigenvalue weighted by Crippen LogP contribution is -1.98. The van der Waals surface area contributed by atoms with Crippen molar-refractivity contribution in [3.8, 4) is 11.5 Å². The Morgan fingerprint density at radius 2 is 2.21 bits per heavy atom. The summed E-state index contributed by atoms with van der Waals surface area (Å²) in [5, 5.41) is 11.6. The van der Waals surface area contributed by atoms with Gasteiger partial charge in [-0.1, -0.05) is 11.6 Å². The van der Waals surface area contributed by atoms with E-state index in [1.807, 2.05) is 0 Å². The Labute approximate surface area is 83.9 Å². The number of nitrogen functional groups attached to an aromatic ring is 1. The van der Waals surface area contributed by atoms with Crippen molar-refractivity contribution in [2.45, 2.75) is 0 Å². The minimum atomic E-state index is 0.183. The molecule has 2 aromatic rings. The van der Waals surface area contributed by atoms with Gasteiger partial charge in [-0.25, -0.2) is 9.97 Å². The number of nitrogens with zero attached hydrogens (tertiary/aromatic N) is 6. The topological polar surface area (TPSA) is 95.4 Å². The second-order valence-electron chi connectivity index (χ2n) is 2.53. The molecule has 8 heteroatoms. The van der Waals surface area contributed by atoms with E-state index in [-0.39, 0.29) is 10.8 Å². The van der Waals surface area contributed by atoms with Crippen LogP contribution in [0.4, 0.5) is 5.69 Å². The SMILES string of the molecule is Cn1nnc(-c2ncnc(Cl)c2N)n1. The second-order valence-corrected chi connectivity index (χ2v) is 2.89. The minimum absolute atomic E-state index is 0.183. The molecule has 0 aliphatic heterocycles. The number of halogens is 1. The van der Waals surface area contributed by atoms with Gasteiger partial charge in [0, 0.05) is 0 Å². The summed E-state index contributed by atoms with van der Waals surface area (Å²) in [6.45, 7) is 0. The molecule has 0 amide bonds. The van der Waals surface area contributed by atoms with Gasteiger partial charge in [0.25, 0.3) is 0 Å². The molecule has 0 atom stereocenters. The molecule has 0 saturated heterocycles. The van der Waals surface area contributed by atoms with Crippen LogP contribution in [0, 0.1) is 0 Å². The van der Waals surface area contributed by atoms with Crippen molar-refractivity contribution < 1.29 is 0 Å². The van der Waals surface area contributed by atoms with Gasteiger partial charge in [0.1, 0.15) is 12.0 Å². The number of anilines is 1. The molecular weight excluding hydrogens is 206 g/mol. The van der Waals surface area contributed by atoms with Crippen LogP contribution >= 0.6 is 11.6 Å². The fraction of sp³-hybridized carbons (Fsp3) is 0.167. The molecule has 0 aliphatic carbocycles. The first kappa shape index (κ1) is 8.82. The highest BCUT2D eigenvalue weighted by atomic mass is 35.5. The van der Waals surface area contributed by atoms with Crippen LogP contribution in [0.2, 0.25) is 5.15 Å². The maximum atomic E-state index is 5.71. The molecule has 2 heterocycles. The number of aryl methyl sites for hydroxylation is 1. The summed E-state index contributed by atoms with van der Waals surface area (Å²) in [5.41, 5.74) is 6.29. The molecule has 2 rings (SSSR count). The molecule has 0 spiro atoms. The van der Waals surface area contributed by atoms with E-state index in [1.54, 1.807) is 7.05 Å². The Morgan fingerprint density at radius 1 is 1.43 bits per heavy atom. The number of rotatable bonds is 1. The second kappa shape index (κ2) is 3.18. The maximum absolute atomic E-state index is 5.71. The first-order chi connectivity index (χ1) is 6.68. The van der Waals surface area contributed by atoms with Crippen LogP contribution in [0.1, 0.15) is 0 Å². The normalized spacial score (nSPS) is 10.4. The molecule has 0 aliphatic rings. The van der Waals surface area contributed by atoms with Gasteiger partial charge in [0.05, 0.1) is 12.7 Å². The predicted octanol–water partition coefficient (Wildman–Crippen LogP) is -0.0973. The third-order valence-corrected chi connectivity index (χ3v) is 1.86. The van der Waals surface area contributed by atoms with Crippen molar-refractivity contribution >= 4 is 17.3 Å². The molecule has 7 nitrogen and oxygen atoms in total. The van der Waals surface area contributed by atoms with E-state index in [4.69, 9.17) is 17.3 Å².